The Hall–Kier alpha value is -1.94. The Morgan fingerprint density at radius 3 is 3.00 bits per heavy atom. The van der Waals surface area contributed by atoms with E-state index in [0.29, 0.717) is 6.54 Å². The minimum Gasteiger partial charge on any atom is -0.368 e. The van der Waals surface area contributed by atoms with E-state index in [1.807, 2.05) is 24.4 Å². The van der Waals surface area contributed by atoms with Crippen LogP contribution in [0.15, 0.2) is 36.7 Å². The molecular weight excluding hydrogens is 214 g/mol. The van der Waals surface area contributed by atoms with E-state index in [4.69, 9.17) is 5.73 Å². The van der Waals surface area contributed by atoms with Crippen LogP contribution in [0.3, 0.4) is 0 Å². The van der Waals surface area contributed by atoms with E-state index in [1.54, 1.807) is 13.1 Å². The van der Waals surface area contributed by atoms with Crippen LogP contribution in [0.4, 0.5) is 0 Å². The molecule has 1 aromatic carbocycles. The van der Waals surface area contributed by atoms with E-state index in [9.17, 15) is 4.79 Å². The van der Waals surface area contributed by atoms with Crippen LogP contribution in [-0.4, -0.2) is 16.9 Å². The molecular formula is C13H15N3O. The highest BCUT2D eigenvalue weighted by molar-refractivity contribution is 5.82. The van der Waals surface area contributed by atoms with Crippen molar-refractivity contribution in [2.45, 2.75) is 19.5 Å². The largest absolute Gasteiger partial charge is 0.368 e. The van der Waals surface area contributed by atoms with Gasteiger partial charge in [-0.25, -0.2) is 0 Å². The summed E-state index contributed by atoms with van der Waals surface area (Å²) >= 11 is 0. The number of carbonyl (C=O) groups excluding carboxylic acids is 1. The van der Waals surface area contributed by atoms with E-state index in [2.05, 4.69) is 16.4 Å². The molecule has 3 N–H and O–H groups in total. The number of hydrogen-bond donors (Lipinski definition) is 2. The quantitative estimate of drug-likeness (QED) is 0.827. The summed E-state index contributed by atoms with van der Waals surface area (Å²) < 4.78 is 0. The maximum Gasteiger partial charge on any atom is 0.234 e. The first kappa shape index (κ1) is 11.5. The van der Waals surface area contributed by atoms with Crippen molar-refractivity contribution in [3.05, 3.63) is 42.2 Å². The van der Waals surface area contributed by atoms with Crippen molar-refractivity contribution in [1.29, 1.82) is 0 Å². The normalized spacial score (nSPS) is 12.5. The fourth-order valence-electron chi connectivity index (χ4n) is 1.61. The highest BCUT2D eigenvalue weighted by Crippen LogP contribution is 2.14. The lowest BCUT2D eigenvalue weighted by atomic mass is 10.1. The van der Waals surface area contributed by atoms with Gasteiger partial charge in [0.05, 0.1) is 6.04 Å². The van der Waals surface area contributed by atoms with Gasteiger partial charge in [0.1, 0.15) is 0 Å². The van der Waals surface area contributed by atoms with Gasteiger partial charge in [0.25, 0.3) is 0 Å². The second-order valence-corrected chi connectivity index (χ2v) is 4.06. The molecule has 0 saturated carbocycles. The molecule has 0 aliphatic rings. The van der Waals surface area contributed by atoms with Crippen LogP contribution in [0.25, 0.3) is 10.8 Å². The lowest BCUT2D eigenvalue weighted by Crippen LogP contribution is -2.38. The highest BCUT2D eigenvalue weighted by atomic mass is 16.1. The Kier molecular flexibility index (Phi) is 3.35. The molecule has 2 aromatic rings. The Morgan fingerprint density at radius 1 is 1.41 bits per heavy atom. The molecule has 0 fully saturated rings. The second-order valence-electron chi connectivity index (χ2n) is 4.06. The van der Waals surface area contributed by atoms with Crippen LogP contribution < -0.4 is 11.1 Å². The molecule has 1 atom stereocenters. The summed E-state index contributed by atoms with van der Waals surface area (Å²) in [7, 11) is 0. The molecule has 2 rings (SSSR count). The lowest BCUT2D eigenvalue weighted by Gasteiger charge is -2.10. The smallest absolute Gasteiger partial charge is 0.234 e. The fourth-order valence-corrected chi connectivity index (χ4v) is 1.61. The number of hydrogen-bond acceptors (Lipinski definition) is 3. The van der Waals surface area contributed by atoms with Gasteiger partial charge in [-0.1, -0.05) is 12.1 Å². The summed E-state index contributed by atoms with van der Waals surface area (Å²) in [5, 5.41) is 5.33. The number of rotatable bonds is 4. The predicted molar refractivity (Wildman–Crippen MR) is 67.2 cm³/mol. The summed E-state index contributed by atoms with van der Waals surface area (Å²) in [6, 6.07) is 7.77. The minimum atomic E-state index is -0.338. The van der Waals surface area contributed by atoms with E-state index >= 15 is 0 Å². The molecule has 0 bridgehead atoms. The van der Waals surface area contributed by atoms with Gasteiger partial charge in [0, 0.05) is 24.3 Å². The minimum absolute atomic E-state index is 0.317. The molecule has 88 valence electrons. The van der Waals surface area contributed by atoms with E-state index in [-0.39, 0.29) is 11.9 Å². The number of nitrogens with zero attached hydrogens (tertiary/aromatic N) is 1. The number of nitrogens with one attached hydrogen (secondary N) is 1. The molecule has 0 aliphatic heterocycles. The molecule has 17 heavy (non-hydrogen) atoms. The van der Waals surface area contributed by atoms with Crippen molar-refractivity contribution < 1.29 is 4.79 Å². The first-order valence-corrected chi connectivity index (χ1v) is 5.52. The van der Waals surface area contributed by atoms with Gasteiger partial charge >= 0.3 is 0 Å². The number of carbonyl (C=O) groups is 1. The molecule has 1 aromatic heterocycles. The number of aromatic nitrogens is 1. The van der Waals surface area contributed by atoms with Crippen molar-refractivity contribution in [1.82, 2.24) is 10.3 Å². The number of pyridine rings is 1. The van der Waals surface area contributed by atoms with Gasteiger partial charge in [0.15, 0.2) is 0 Å². The van der Waals surface area contributed by atoms with Gasteiger partial charge in [-0.2, -0.15) is 0 Å². The Bertz CT molecular complexity index is 539. The third-order valence-electron chi connectivity index (χ3n) is 2.74. The van der Waals surface area contributed by atoms with Gasteiger partial charge in [-0.15, -0.1) is 0 Å². The van der Waals surface area contributed by atoms with E-state index in [1.165, 1.54) is 0 Å². The maximum atomic E-state index is 10.9. The Labute approximate surface area is 99.8 Å². The summed E-state index contributed by atoms with van der Waals surface area (Å²) in [5.41, 5.74) is 6.30. The zero-order valence-corrected chi connectivity index (χ0v) is 9.68. The molecule has 0 radical (unpaired) electrons. The number of benzene rings is 1. The van der Waals surface area contributed by atoms with Crippen molar-refractivity contribution in [3.8, 4) is 0 Å². The second kappa shape index (κ2) is 4.93. The lowest BCUT2D eigenvalue weighted by molar-refractivity contribution is -0.119. The van der Waals surface area contributed by atoms with Crippen LogP contribution in [0.1, 0.15) is 12.5 Å². The van der Waals surface area contributed by atoms with Gasteiger partial charge in [-0.3, -0.25) is 9.78 Å². The van der Waals surface area contributed by atoms with Crippen molar-refractivity contribution in [2.75, 3.05) is 0 Å². The molecule has 0 spiro atoms. The first-order valence-electron chi connectivity index (χ1n) is 5.52. The third-order valence-corrected chi connectivity index (χ3v) is 2.74. The summed E-state index contributed by atoms with van der Waals surface area (Å²) in [6.45, 7) is 2.38. The van der Waals surface area contributed by atoms with Gasteiger partial charge in [-0.05, 0) is 30.0 Å². The highest BCUT2D eigenvalue weighted by Gasteiger charge is 2.06. The monoisotopic (exact) mass is 229 g/mol. The van der Waals surface area contributed by atoms with Gasteiger partial charge in [0.2, 0.25) is 5.91 Å². The average Bonchev–Trinajstić information content (AvgIpc) is 2.35. The zero-order chi connectivity index (χ0) is 12.3. The van der Waals surface area contributed by atoms with Crippen LogP contribution >= 0.6 is 0 Å². The van der Waals surface area contributed by atoms with Crippen molar-refractivity contribution in [2.24, 2.45) is 5.73 Å². The predicted octanol–water partition coefficient (Wildman–Crippen LogP) is 1.20. The van der Waals surface area contributed by atoms with Crippen LogP contribution in [0.5, 0.6) is 0 Å². The topological polar surface area (TPSA) is 68.0 Å². The molecule has 1 amide bonds. The third kappa shape index (κ3) is 2.79. The number of nitrogens with two attached hydrogens (primary N) is 1. The number of amides is 1. The molecule has 1 heterocycles. The molecule has 0 saturated heterocycles. The average molecular weight is 229 g/mol. The van der Waals surface area contributed by atoms with Crippen molar-refractivity contribution >= 4 is 16.7 Å². The van der Waals surface area contributed by atoms with Crippen molar-refractivity contribution in [3.63, 3.8) is 0 Å². The van der Waals surface area contributed by atoms with E-state index < -0.39 is 0 Å². The van der Waals surface area contributed by atoms with Gasteiger partial charge < -0.3 is 11.1 Å². The zero-order valence-electron chi connectivity index (χ0n) is 9.68. The molecule has 4 heteroatoms. The van der Waals surface area contributed by atoms with Crippen LogP contribution in [0.2, 0.25) is 0 Å². The van der Waals surface area contributed by atoms with Crippen LogP contribution in [-0.2, 0) is 11.3 Å². The molecule has 4 nitrogen and oxygen atoms in total. The Morgan fingerprint density at radius 2 is 2.24 bits per heavy atom. The number of fused-ring (bicyclic) bond motifs is 1. The summed E-state index contributed by atoms with van der Waals surface area (Å²) in [4.78, 5) is 14.9. The number of primary amides is 1. The molecule has 0 aliphatic carbocycles. The standard InChI is InChI=1S/C13H15N3O/c1-9(13(14)17)16-7-10-2-3-12-8-15-5-4-11(12)6-10/h2-6,8-9,16H,7H2,1H3,(H2,14,17). The van der Waals surface area contributed by atoms with E-state index in [0.717, 1.165) is 16.3 Å². The Balaban J connectivity index is 2.12. The SMILES string of the molecule is CC(NCc1ccc2cnccc2c1)C(N)=O. The summed E-state index contributed by atoms with van der Waals surface area (Å²) in [6.07, 6.45) is 3.60. The fraction of sp³-hybridized carbons (Fsp3) is 0.231. The molecule has 1 unspecified atom stereocenters. The first-order chi connectivity index (χ1) is 8.16. The summed E-state index contributed by atoms with van der Waals surface area (Å²) in [5.74, 6) is -0.338. The maximum absolute atomic E-state index is 10.9. The van der Waals surface area contributed by atoms with Crippen LogP contribution in [0, 0.1) is 0 Å².